The zero-order valence-corrected chi connectivity index (χ0v) is 18.1. The number of nitrogens with zero attached hydrogens (tertiary/aromatic N) is 1. The Hall–Kier alpha value is -2.57. The van der Waals surface area contributed by atoms with Gasteiger partial charge in [-0.15, -0.1) is 0 Å². The van der Waals surface area contributed by atoms with Crippen molar-refractivity contribution in [3.05, 3.63) is 35.9 Å². The van der Waals surface area contributed by atoms with Crippen molar-refractivity contribution in [1.82, 2.24) is 10.2 Å². The van der Waals surface area contributed by atoms with Gasteiger partial charge in [-0.05, 0) is 57.9 Å². The van der Waals surface area contributed by atoms with Gasteiger partial charge in [-0.25, -0.2) is 9.59 Å². The summed E-state index contributed by atoms with van der Waals surface area (Å²) < 4.78 is 10.8. The molecule has 7 nitrogen and oxygen atoms in total. The maximum absolute atomic E-state index is 12.4. The molecule has 2 fully saturated rings. The average molecular weight is 417 g/mol. The van der Waals surface area contributed by atoms with Gasteiger partial charge in [0.2, 0.25) is 5.91 Å². The van der Waals surface area contributed by atoms with Crippen LogP contribution in [0.15, 0.2) is 30.3 Å². The fraction of sp³-hybridized carbons (Fsp3) is 0.609. The van der Waals surface area contributed by atoms with Gasteiger partial charge >= 0.3 is 12.1 Å². The third kappa shape index (κ3) is 5.97. The molecule has 2 aliphatic heterocycles. The zero-order valence-electron chi connectivity index (χ0n) is 18.1. The van der Waals surface area contributed by atoms with E-state index >= 15 is 0 Å². The van der Waals surface area contributed by atoms with Gasteiger partial charge in [0.15, 0.2) is 0 Å². The summed E-state index contributed by atoms with van der Waals surface area (Å²) in [6, 6.07) is 8.89. The van der Waals surface area contributed by atoms with Gasteiger partial charge in [0.1, 0.15) is 18.2 Å². The Bertz CT molecular complexity index is 759. The first-order valence-corrected chi connectivity index (χ1v) is 10.7. The van der Waals surface area contributed by atoms with Crippen molar-refractivity contribution < 1.29 is 23.9 Å². The standard InChI is InChI=1S/C23H32N2O5/c1-23(2,3)30-22(28)25-13-7-10-16(14-25)11-12-18-19(24-20(18)26)21(27)29-15-17-8-5-4-6-9-17/h4-6,8-9,16,18-19H,7,10-15H2,1-3H3,(H,24,26)/t16?,18-,19?/m1/s1. The number of β-lactam (4-membered cyclic amide) rings is 1. The summed E-state index contributed by atoms with van der Waals surface area (Å²) in [5.41, 5.74) is 0.402. The van der Waals surface area contributed by atoms with Gasteiger partial charge in [0, 0.05) is 13.1 Å². The molecule has 0 radical (unpaired) electrons. The molecule has 0 spiro atoms. The average Bonchev–Trinajstić information content (AvgIpc) is 2.70. The topological polar surface area (TPSA) is 84.9 Å². The summed E-state index contributed by atoms with van der Waals surface area (Å²) in [6.07, 6.45) is 3.06. The molecule has 2 aliphatic rings. The lowest BCUT2D eigenvalue weighted by molar-refractivity contribution is -0.159. The summed E-state index contributed by atoms with van der Waals surface area (Å²) in [4.78, 5) is 38.5. The van der Waals surface area contributed by atoms with E-state index in [0.29, 0.717) is 25.4 Å². The fourth-order valence-electron chi connectivity index (χ4n) is 3.96. The molecular weight excluding hydrogens is 384 g/mol. The van der Waals surface area contributed by atoms with E-state index in [1.807, 2.05) is 51.1 Å². The molecule has 2 unspecified atom stereocenters. The van der Waals surface area contributed by atoms with E-state index in [2.05, 4.69) is 5.32 Å². The van der Waals surface area contributed by atoms with Crippen molar-refractivity contribution in [2.75, 3.05) is 13.1 Å². The predicted octanol–water partition coefficient (Wildman–Crippen LogP) is 3.27. The second kappa shape index (κ2) is 9.49. The van der Waals surface area contributed by atoms with Crippen LogP contribution in [0.2, 0.25) is 0 Å². The third-order valence-corrected chi connectivity index (χ3v) is 5.57. The summed E-state index contributed by atoms with van der Waals surface area (Å²) in [5, 5.41) is 2.67. The Morgan fingerprint density at radius 3 is 2.57 bits per heavy atom. The SMILES string of the molecule is CC(C)(C)OC(=O)N1CCCC(CC[C@H]2C(=O)NC2C(=O)OCc2ccccc2)C1. The number of hydrogen-bond acceptors (Lipinski definition) is 5. The van der Waals surface area contributed by atoms with Crippen LogP contribution in [0.5, 0.6) is 0 Å². The highest BCUT2D eigenvalue weighted by Crippen LogP contribution is 2.28. The molecule has 1 N–H and O–H groups in total. The highest BCUT2D eigenvalue weighted by molar-refractivity contribution is 5.97. The van der Waals surface area contributed by atoms with E-state index in [0.717, 1.165) is 24.8 Å². The molecule has 0 aliphatic carbocycles. The number of likely N-dealkylation sites (tertiary alicyclic amines) is 1. The Kier molecular flexibility index (Phi) is 7.00. The van der Waals surface area contributed by atoms with Gasteiger partial charge in [0.05, 0.1) is 5.92 Å². The second-order valence-corrected chi connectivity index (χ2v) is 9.20. The molecule has 2 heterocycles. The minimum absolute atomic E-state index is 0.100. The number of esters is 1. The number of amides is 2. The van der Waals surface area contributed by atoms with Crippen molar-refractivity contribution >= 4 is 18.0 Å². The number of carbonyl (C=O) groups is 3. The van der Waals surface area contributed by atoms with E-state index < -0.39 is 11.6 Å². The van der Waals surface area contributed by atoms with Gasteiger partial charge < -0.3 is 19.7 Å². The minimum Gasteiger partial charge on any atom is -0.459 e. The molecule has 30 heavy (non-hydrogen) atoms. The number of piperidine rings is 1. The van der Waals surface area contributed by atoms with Crippen molar-refractivity contribution in [3.8, 4) is 0 Å². The van der Waals surface area contributed by atoms with Crippen LogP contribution in [-0.2, 0) is 25.7 Å². The molecule has 7 heteroatoms. The van der Waals surface area contributed by atoms with E-state index in [4.69, 9.17) is 9.47 Å². The Labute approximate surface area is 178 Å². The van der Waals surface area contributed by atoms with E-state index in [1.165, 1.54) is 0 Å². The molecule has 2 saturated heterocycles. The quantitative estimate of drug-likeness (QED) is 0.568. The molecule has 0 bridgehead atoms. The normalized spacial score (nSPS) is 23.9. The first-order valence-electron chi connectivity index (χ1n) is 10.7. The van der Waals surface area contributed by atoms with Gasteiger partial charge in [-0.3, -0.25) is 4.79 Å². The minimum atomic E-state index is -0.577. The number of ether oxygens (including phenoxy) is 2. The number of hydrogen-bond donors (Lipinski definition) is 1. The van der Waals surface area contributed by atoms with Crippen LogP contribution < -0.4 is 5.32 Å². The molecule has 1 aromatic rings. The summed E-state index contributed by atoms with van der Waals surface area (Å²) >= 11 is 0. The van der Waals surface area contributed by atoms with Crippen LogP contribution in [0.25, 0.3) is 0 Å². The number of nitrogens with one attached hydrogen (secondary N) is 1. The van der Waals surface area contributed by atoms with Gasteiger partial charge in [0.25, 0.3) is 0 Å². The van der Waals surface area contributed by atoms with Crippen LogP contribution in [-0.4, -0.2) is 47.6 Å². The lowest BCUT2D eigenvalue weighted by Crippen LogP contribution is -2.62. The molecule has 3 rings (SSSR count). The van der Waals surface area contributed by atoms with E-state index in [1.54, 1.807) is 4.90 Å². The highest BCUT2D eigenvalue weighted by Gasteiger charge is 2.45. The lowest BCUT2D eigenvalue weighted by atomic mass is 9.82. The predicted molar refractivity (Wildman–Crippen MR) is 111 cm³/mol. The van der Waals surface area contributed by atoms with Crippen LogP contribution >= 0.6 is 0 Å². The maximum Gasteiger partial charge on any atom is 0.410 e. The van der Waals surface area contributed by atoms with Crippen molar-refractivity contribution in [3.63, 3.8) is 0 Å². The van der Waals surface area contributed by atoms with E-state index in [-0.39, 0.29) is 30.5 Å². The van der Waals surface area contributed by atoms with Crippen molar-refractivity contribution in [2.45, 2.75) is 64.7 Å². The Morgan fingerprint density at radius 1 is 1.17 bits per heavy atom. The lowest BCUT2D eigenvalue weighted by Gasteiger charge is -2.37. The smallest absolute Gasteiger partial charge is 0.410 e. The highest BCUT2D eigenvalue weighted by atomic mass is 16.6. The molecule has 164 valence electrons. The van der Waals surface area contributed by atoms with Gasteiger partial charge in [-0.1, -0.05) is 30.3 Å². The molecule has 2 amide bonds. The number of carbonyl (C=O) groups excluding carboxylic acids is 3. The number of rotatable bonds is 6. The molecule has 1 aromatic carbocycles. The fourth-order valence-corrected chi connectivity index (χ4v) is 3.96. The first-order chi connectivity index (χ1) is 14.2. The van der Waals surface area contributed by atoms with Crippen LogP contribution in [0.1, 0.15) is 52.0 Å². The summed E-state index contributed by atoms with van der Waals surface area (Å²) in [6.45, 7) is 7.11. The monoisotopic (exact) mass is 416 g/mol. The molecular formula is C23H32N2O5. The zero-order chi connectivity index (χ0) is 21.7. The Morgan fingerprint density at radius 2 is 1.90 bits per heavy atom. The molecule has 3 atom stereocenters. The summed E-state index contributed by atoms with van der Waals surface area (Å²) in [7, 11) is 0. The van der Waals surface area contributed by atoms with Gasteiger partial charge in [-0.2, -0.15) is 0 Å². The second-order valence-electron chi connectivity index (χ2n) is 9.20. The van der Waals surface area contributed by atoms with Crippen molar-refractivity contribution in [2.24, 2.45) is 11.8 Å². The molecule has 0 aromatic heterocycles. The van der Waals surface area contributed by atoms with E-state index in [9.17, 15) is 14.4 Å². The van der Waals surface area contributed by atoms with Crippen molar-refractivity contribution in [1.29, 1.82) is 0 Å². The summed E-state index contributed by atoms with van der Waals surface area (Å²) in [5.74, 6) is -0.537. The largest absolute Gasteiger partial charge is 0.459 e. The van der Waals surface area contributed by atoms with Crippen LogP contribution in [0, 0.1) is 11.8 Å². The third-order valence-electron chi connectivity index (χ3n) is 5.57. The Balaban J connectivity index is 1.45. The first kappa shape index (κ1) is 22.1. The maximum atomic E-state index is 12.4. The molecule has 0 saturated carbocycles. The van der Waals surface area contributed by atoms with Crippen LogP contribution in [0.4, 0.5) is 4.79 Å². The van der Waals surface area contributed by atoms with Crippen LogP contribution in [0.3, 0.4) is 0 Å². The number of benzene rings is 1.